The molecule has 0 bridgehead atoms. The normalized spacial score (nSPS) is 13.4. The average molecular weight is 380 g/mol. The van der Waals surface area contributed by atoms with Crippen molar-refractivity contribution in [2.45, 2.75) is 26.1 Å². The molecule has 1 aromatic heterocycles. The van der Waals surface area contributed by atoms with Crippen LogP contribution in [-0.2, 0) is 6.18 Å². The monoisotopic (exact) mass is 379 g/mol. The van der Waals surface area contributed by atoms with E-state index < -0.39 is 11.7 Å². The summed E-state index contributed by atoms with van der Waals surface area (Å²) >= 11 is 4.22. The molecule has 0 radical (unpaired) electrons. The summed E-state index contributed by atoms with van der Waals surface area (Å²) in [5.41, 5.74) is -0.297. The maximum atomic E-state index is 12.9. The molecule has 1 unspecified atom stereocenters. The number of rotatable bonds is 4. The molecule has 114 valence electrons. The Labute approximate surface area is 132 Å². The molecule has 3 nitrogen and oxygen atoms in total. The predicted molar refractivity (Wildman–Crippen MR) is 80.1 cm³/mol. The molecule has 1 aromatic carbocycles. The minimum Gasteiger partial charge on any atom is -0.308 e. The fraction of sp³-hybridized carbons (Fsp3) is 0.385. The molecule has 0 aliphatic carbocycles. The number of aromatic nitrogens is 2. The Morgan fingerprint density at radius 3 is 2.67 bits per heavy atom. The lowest BCUT2D eigenvalue weighted by Crippen LogP contribution is -2.17. The van der Waals surface area contributed by atoms with Gasteiger partial charge in [0, 0.05) is 10.0 Å². The van der Waals surface area contributed by atoms with Crippen LogP contribution in [0, 0.1) is 0 Å². The van der Waals surface area contributed by atoms with Gasteiger partial charge in [0.25, 0.3) is 0 Å². The highest BCUT2D eigenvalue weighted by Crippen LogP contribution is 2.38. The van der Waals surface area contributed by atoms with Crippen molar-refractivity contribution >= 4 is 27.3 Å². The molecule has 0 amide bonds. The topological polar surface area (TPSA) is 37.8 Å². The summed E-state index contributed by atoms with van der Waals surface area (Å²) in [6.07, 6.45) is -4.40. The van der Waals surface area contributed by atoms with E-state index in [1.54, 1.807) is 6.07 Å². The van der Waals surface area contributed by atoms with Crippen molar-refractivity contribution < 1.29 is 13.2 Å². The number of alkyl halides is 3. The average Bonchev–Trinajstić information content (AvgIpc) is 2.88. The Morgan fingerprint density at radius 1 is 1.33 bits per heavy atom. The van der Waals surface area contributed by atoms with Gasteiger partial charge in [0.1, 0.15) is 10.0 Å². The van der Waals surface area contributed by atoms with Gasteiger partial charge in [-0.1, -0.05) is 40.3 Å². The zero-order valence-electron chi connectivity index (χ0n) is 11.3. The van der Waals surface area contributed by atoms with Gasteiger partial charge in [-0.15, -0.1) is 10.2 Å². The number of hydrogen-bond acceptors (Lipinski definition) is 4. The van der Waals surface area contributed by atoms with E-state index >= 15 is 0 Å². The summed E-state index contributed by atoms with van der Waals surface area (Å²) in [5, 5.41) is 12.5. The van der Waals surface area contributed by atoms with E-state index in [-0.39, 0.29) is 10.5 Å². The molecule has 1 N–H and O–H groups in total. The Bertz CT molecular complexity index is 627. The fourth-order valence-corrected chi connectivity index (χ4v) is 3.13. The Balaban J connectivity index is 2.35. The van der Waals surface area contributed by atoms with Gasteiger partial charge in [0.15, 0.2) is 0 Å². The van der Waals surface area contributed by atoms with Crippen LogP contribution in [0.15, 0.2) is 22.7 Å². The van der Waals surface area contributed by atoms with E-state index in [0.29, 0.717) is 10.6 Å². The van der Waals surface area contributed by atoms with E-state index in [0.717, 1.165) is 17.6 Å². The summed E-state index contributed by atoms with van der Waals surface area (Å²) in [5.74, 6) is 0. The molecule has 2 rings (SSSR count). The Hall–Kier alpha value is -0.990. The van der Waals surface area contributed by atoms with Crippen molar-refractivity contribution in [3.05, 3.63) is 33.2 Å². The molecule has 0 saturated heterocycles. The number of hydrogen-bond donors (Lipinski definition) is 1. The third kappa shape index (κ3) is 3.81. The van der Waals surface area contributed by atoms with Gasteiger partial charge in [-0.25, -0.2) is 0 Å². The zero-order valence-corrected chi connectivity index (χ0v) is 13.7. The quantitative estimate of drug-likeness (QED) is 0.839. The van der Waals surface area contributed by atoms with Crippen LogP contribution in [0.1, 0.15) is 30.5 Å². The highest BCUT2D eigenvalue weighted by Gasteiger charge is 2.33. The minimum atomic E-state index is -4.40. The van der Waals surface area contributed by atoms with Crippen molar-refractivity contribution in [2.24, 2.45) is 0 Å². The molecule has 0 fully saturated rings. The molecule has 21 heavy (non-hydrogen) atoms. The molecular formula is C13H13BrF3N3S. The molecule has 0 aliphatic rings. The zero-order chi connectivity index (χ0) is 15.6. The van der Waals surface area contributed by atoms with Crippen LogP contribution in [-0.4, -0.2) is 16.7 Å². The Morgan fingerprint density at radius 2 is 2.05 bits per heavy atom. The standard InChI is InChI=1S/C13H13BrF3N3S/c1-3-18-7(2)11-19-20-12(21-11)8-4-5-10(14)9(6-8)13(15,16)17/h4-7,18H,3H2,1-2H3. The highest BCUT2D eigenvalue weighted by molar-refractivity contribution is 9.10. The van der Waals surface area contributed by atoms with E-state index in [1.807, 2.05) is 13.8 Å². The fourth-order valence-electron chi connectivity index (χ4n) is 1.80. The number of benzene rings is 1. The van der Waals surface area contributed by atoms with Crippen LogP contribution < -0.4 is 5.32 Å². The van der Waals surface area contributed by atoms with E-state index in [1.165, 1.54) is 17.4 Å². The summed E-state index contributed by atoms with van der Waals surface area (Å²) < 4.78 is 38.7. The second kappa shape index (κ2) is 6.41. The Kier molecular flexibility index (Phi) is 5.00. The summed E-state index contributed by atoms with van der Waals surface area (Å²) in [7, 11) is 0. The van der Waals surface area contributed by atoms with Gasteiger partial charge in [0.2, 0.25) is 0 Å². The van der Waals surface area contributed by atoms with Crippen molar-refractivity contribution in [1.29, 1.82) is 0 Å². The number of nitrogens with one attached hydrogen (secondary N) is 1. The number of halogens is 4. The first-order valence-corrected chi connectivity index (χ1v) is 7.87. The van der Waals surface area contributed by atoms with Crippen molar-refractivity contribution in [3.63, 3.8) is 0 Å². The van der Waals surface area contributed by atoms with E-state index in [9.17, 15) is 13.2 Å². The van der Waals surface area contributed by atoms with Crippen LogP contribution in [0.25, 0.3) is 10.6 Å². The summed E-state index contributed by atoms with van der Waals surface area (Å²) in [6, 6.07) is 4.10. The smallest absolute Gasteiger partial charge is 0.308 e. The van der Waals surface area contributed by atoms with Gasteiger partial charge in [-0.05, 0) is 25.6 Å². The van der Waals surface area contributed by atoms with Crippen LogP contribution in [0.3, 0.4) is 0 Å². The van der Waals surface area contributed by atoms with Crippen molar-refractivity contribution in [3.8, 4) is 10.6 Å². The highest BCUT2D eigenvalue weighted by atomic mass is 79.9. The van der Waals surface area contributed by atoms with Crippen LogP contribution in [0.5, 0.6) is 0 Å². The molecule has 8 heteroatoms. The van der Waals surface area contributed by atoms with Gasteiger partial charge < -0.3 is 5.32 Å². The third-order valence-corrected chi connectivity index (χ3v) is 4.69. The van der Waals surface area contributed by atoms with Crippen molar-refractivity contribution in [2.75, 3.05) is 6.54 Å². The molecule has 0 spiro atoms. The lowest BCUT2D eigenvalue weighted by Gasteiger charge is -2.10. The van der Waals surface area contributed by atoms with Crippen LogP contribution >= 0.6 is 27.3 Å². The van der Waals surface area contributed by atoms with Gasteiger partial charge >= 0.3 is 6.18 Å². The molecule has 0 saturated carbocycles. The van der Waals surface area contributed by atoms with Gasteiger partial charge in [-0.2, -0.15) is 13.2 Å². The maximum Gasteiger partial charge on any atom is 0.417 e. The van der Waals surface area contributed by atoms with Crippen molar-refractivity contribution in [1.82, 2.24) is 15.5 Å². The van der Waals surface area contributed by atoms with Gasteiger partial charge in [-0.3, -0.25) is 0 Å². The first-order valence-electron chi connectivity index (χ1n) is 6.26. The molecule has 2 aromatic rings. The molecule has 1 heterocycles. The SMILES string of the molecule is CCNC(C)c1nnc(-c2ccc(Br)c(C(F)(F)F)c2)s1. The first-order chi connectivity index (χ1) is 9.82. The second-order valence-electron chi connectivity index (χ2n) is 4.42. The first kappa shape index (κ1) is 16.4. The molecular weight excluding hydrogens is 367 g/mol. The second-order valence-corrected chi connectivity index (χ2v) is 6.28. The van der Waals surface area contributed by atoms with Gasteiger partial charge in [0.05, 0.1) is 11.6 Å². The lowest BCUT2D eigenvalue weighted by molar-refractivity contribution is -0.138. The summed E-state index contributed by atoms with van der Waals surface area (Å²) in [6.45, 7) is 4.70. The van der Waals surface area contributed by atoms with Crippen LogP contribution in [0.4, 0.5) is 13.2 Å². The number of nitrogens with zero attached hydrogens (tertiary/aromatic N) is 2. The van der Waals surface area contributed by atoms with Crippen LogP contribution in [0.2, 0.25) is 0 Å². The maximum absolute atomic E-state index is 12.9. The molecule has 1 atom stereocenters. The minimum absolute atomic E-state index is 0.0181. The lowest BCUT2D eigenvalue weighted by atomic mass is 10.1. The van der Waals surface area contributed by atoms with E-state index in [2.05, 4.69) is 31.4 Å². The van der Waals surface area contributed by atoms with E-state index in [4.69, 9.17) is 0 Å². The molecule has 0 aliphatic heterocycles. The third-order valence-electron chi connectivity index (χ3n) is 2.84. The predicted octanol–water partition coefficient (Wildman–Crippen LogP) is 4.66. The summed E-state index contributed by atoms with van der Waals surface area (Å²) in [4.78, 5) is 0. The largest absolute Gasteiger partial charge is 0.417 e.